The third-order valence-electron chi connectivity index (χ3n) is 5.35. The summed E-state index contributed by atoms with van der Waals surface area (Å²) < 4.78 is 1.79. The lowest BCUT2D eigenvalue weighted by atomic mass is 9.89. The number of rotatable bonds is 5. The fourth-order valence-electron chi connectivity index (χ4n) is 3.79. The van der Waals surface area contributed by atoms with Gasteiger partial charge in [0.2, 0.25) is 0 Å². The summed E-state index contributed by atoms with van der Waals surface area (Å²) in [5, 5.41) is 11.1. The molecule has 1 saturated carbocycles. The molecule has 0 aliphatic heterocycles. The van der Waals surface area contributed by atoms with Gasteiger partial charge in [-0.1, -0.05) is 60.9 Å². The molecule has 144 valence electrons. The number of hydrogen-bond acceptors (Lipinski definition) is 4. The number of anilines is 2. The molecule has 0 bridgehead atoms. The van der Waals surface area contributed by atoms with Crippen LogP contribution in [0.15, 0.2) is 54.7 Å². The molecule has 1 fully saturated rings. The zero-order chi connectivity index (χ0) is 19.3. The van der Waals surface area contributed by atoms with Gasteiger partial charge in [0.1, 0.15) is 0 Å². The molecule has 0 saturated heterocycles. The van der Waals surface area contributed by atoms with Crippen LogP contribution < -0.4 is 11.1 Å². The Hall–Kier alpha value is -3.15. The molecule has 6 heteroatoms. The van der Waals surface area contributed by atoms with Crippen LogP contribution >= 0.6 is 0 Å². The third-order valence-corrected chi connectivity index (χ3v) is 5.35. The Kier molecular flexibility index (Phi) is 5.37. The Bertz CT molecular complexity index is 945. The van der Waals surface area contributed by atoms with Crippen LogP contribution in [0.3, 0.4) is 0 Å². The van der Waals surface area contributed by atoms with Gasteiger partial charge in [-0.15, -0.1) is 5.10 Å². The number of amides is 1. The lowest BCUT2D eigenvalue weighted by molar-refractivity contribution is 0.102. The summed E-state index contributed by atoms with van der Waals surface area (Å²) in [5.74, 6) is 0.330. The number of nitrogens with two attached hydrogens (primary N) is 1. The number of nitrogens with one attached hydrogen (secondary N) is 1. The smallest absolute Gasteiger partial charge is 0.277 e. The maximum absolute atomic E-state index is 12.6. The first kappa shape index (κ1) is 18.2. The highest BCUT2D eigenvalue weighted by Crippen LogP contribution is 2.28. The van der Waals surface area contributed by atoms with Gasteiger partial charge in [0.05, 0.1) is 17.6 Å². The van der Waals surface area contributed by atoms with Crippen molar-refractivity contribution in [2.45, 2.75) is 38.6 Å². The van der Waals surface area contributed by atoms with Crippen molar-refractivity contribution in [3.63, 3.8) is 0 Å². The van der Waals surface area contributed by atoms with Gasteiger partial charge in [0, 0.05) is 6.54 Å². The van der Waals surface area contributed by atoms with Crippen molar-refractivity contribution in [3.8, 4) is 11.1 Å². The van der Waals surface area contributed by atoms with E-state index in [9.17, 15) is 4.79 Å². The second-order valence-electron chi connectivity index (χ2n) is 7.45. The molecule has 1 aromatic heterocycles. The molecule has 28 heavy (non-hydrogen) atoms. The van der Waals surface area contributed by atoms with E-state index >= 15 is 0 Å². The monoisotopic (exact) mass is 375 g/mol. The molecule has 0 spiro atoms. The van der Waals surface area contributed by atoms with Crippen LogP contribution in [0.5, 0.6) is 0 Å². The van der Waals surface area contributed by atoms with Crippen molar-refractivity contribution in [1.29, 1.82) is 0 Å². The molecular weight excluding hydrogens is 350 g/mol. The van der Waals surface area contributed by atoms with Crippen LogP contribution in [0.25, 0.3) is 11.1 Å². The van der Waals surface area contributed by atoms with Crippen LogP contribution in [0, 0.1) is 5.92 Å². The highest BCUT2D eigenvalue weighted by molar-refractivity contribution is 6.04. The van der Waals surface area contributed by atoms with Gasteiger partial charge in [0.25, 0.3) is 5.91 Å². The van der Waals surface area contributed by atoms with E-state index in [1.54, 1.807) is 16.9 Å². The van der Waals surface area contributed by atoms with E-state index in [4.69, 9.17) is 5.73 Å². The number of carbonyl (C=O) groups is 1. The number of nitrogen functional groups attached to an aromatic ring is 1. The molecule has 6 nitrogen and oxygen atoms in total. The van der Waals surface area contributed by atoms with E-state index < -0.39 is 0 Å². The SMILES string of the molecule is Nc1ccc(-c2ccccc2)cc1NC(=O)c1cn(CC2CCCCC2)nn1. The minimum Gasteiger partial charge on any atom is -0.397 e. The van der Waals surface area contributed by atoms with E-state index in [0.717, 1.165) is 17.7 Å². The molecule has 0 atom stereocenters. The molecule has 3 N–H and O–H groups in total. The third kappa shape index (κ3) is 4.22. The van der Waals surface area contributed by atoms with E-state index in [2.05, 4.69) is 15.6 Å². The Morgan fingerprint density at radius 1 is 1.07 bits per heavy atom. The van der Waals surface area contributed by atoms with Crippen molar-refractivity contribution in [1.82, 2.24) is 15.0 Å². The van der Waals surface area contributed by atoms with Crippen LogP contribution in [0.4, 0.5) is 11.4 Å². The van der Waals surface area contributed by atoms with E-state index in [0.29, 0.717) is 23.0 Å². The fourth-order valence-corrected chi connectivity index (χ4v) is 3.79. The summed E-state index contributed by atoms with van der Waals surface area (Å²) in [6, 6.07) is 15.6. The highest BCUT2D eigenvalue weighted by Gasteiger charge is 2.17. The fraction of sp³-hybridized carbons (Fsp3) is 0.318. The van der Waals surface area contributed by atoms with Gasteiger partial charge in [-0.25, -0.2) is 0 Å². The van der Waals surface area contributed by atoms with Crippen LogP contribution in [0.2, 0.25) is 0 Å². The van der Waals surface area contributed by atoms with Gasteiger partial charge in [0.15, 0.2) is 5.69 Å². The lowest BCUT2D eigenvalue weighted by Gasteiger charge is -2.20. The second kappa shape index (κ2) is 8.25. The summed E-state index contributed by atoms with van der Waals surface area (Å²) in [6.45, 7) is 0.825. The first-order valence-corrected chi connectivity index (χ1v) is 9.85. The van der Waals surface area contributed by atoms with Crippen molar-refractivity contribution in [2.24, 2.45) is 5.92 Å². The van der Waals surface area contributed by atoms with Crippen LogP contribution in [-0.4, -0.2) is 20.9 Å². The molecule has 3 aromatic rings. The first-order valence-electron chi connectivity index (χ1n) is 9.85. The Labute approximate surface area is 164 Å². The second-order valence-corrected chi connectivity index (χ2v) is 7.45. The number of nitrogens with zero attached hydrogens (tertiary/aromatic N) is 3. The molecule has 1 heterocycles. The van der Waals surface area contributed by atoms with E-state index in [-0.39, 0.29) is 5.91 Å². The lowest BCUT2D eigenvalue weighted by Crippen LogP contribution is -2.15. The minimum atomic E-state index is -0.299. The van der Waals surface area contributed by atoms with Crippen molar-refractivity contribution >= 4 is 17.3 Å². The molecule has 4 rings (SSSR count). The van der Waals surface area contributed by atoms with Gasteiger partial charge in [-0.05, 0) is 42.0 Å². The van der Waals surface area contributed by atoms with Gasteiger partial charge in [-0.3, -0.25) is 9.48 Å². The zero-order valence-corrected chi connectivity index (χ0v) is 15.8. The molecule has 2 aromatic carbocycles. The van der Waals surface area contributed by atoms with Crippen LogP contribution in [-0.2, 0) is 6.54 Å². The summed E-state index contributed by atoms with van der Waals surface area (Å²) in [6.07, 6.45) is 8.06. The molecule has 0 unspecified atom stereocenters. The highest BCUT2D eigenvalue weighted by atomic mass is 16.2. The largest absolute Gasteiger partial charge is 0.397 e. The van der Waals surface area contributed by atoms with Crippen LogP contribution in [0.1, 0.15) is 42.6 Å². The Morgan fingerprint density at radius 3 is 2.64 bits per heavy atom. The normalized spacial score (nSPS) is 14.7. The molecule has 1 aliphatic rings. The van der Waals surface area contributed by atoms with E-state index in [1.165, 1.54) is 32.1 Å². The predicted octanol–water partition coefficient (Wildman–Crippen LogP) is 4.36. The van der Waals surface area contributed by atoms with Gasteiger partial charge in [-0.2, -0.15) is 0 Å². The predicted molar refractivity (Wildman–Crippen MR) is 111 cm³/mol. The Morgan fingerprint density at radius 2 is 1.86 bits per heavy atom. The average Bonchev–Trinajstić information content (AvgIpc) is 3.20. The summed E-state index contributed by atoms with van der Waals surface area (Å²) in [4.78, 5) is 12.6. The van der Waals surface area contributed by atoms with Gasteiger partial charge < -0.3 is 11.1 Å². The maximum Gasteiger partial charge on any atom is 0.277 e. The van der Waals surface area contributed by atoms with Crippen molar-refractivity contribution in [3.05, 3.63) is 60.4 Å². The first-order chi connectivity index (χ1) is 13.7. The maximum atomic E-state index is 12.6. The quantitative estimate of drug-likeness (QED) is 0.649. The van der Waals surface area contributed by atoms with E-state index in [1.807, 2.05) is 42.5 Å². The number of hydrogen-bond donors (Lipinski definition) is 2. The van der Waals surface area contributed by atoms with Gasteiger partial charge >= 0.3 is 0 Å². The summed E-state index contributed by atoms with van der Waals surface area (Å²) in [7, 11) is 0. The molecule has 1 amide bonds. The topological polar surface area (TPSA) is 85.8 Å². The number of carbonyl (C=O) groups excluding carboxylic acids is 1. The minimum absolute atomic E-state index is 0.299. The van der Waals surface area contributed by atoms with Crippen molar-refractivity contribution < 1.29 is 4.79 Å². The molecule has 0 radical (unpaired) electrons. The Balaban J connectivity index is 1.46. The summed E-state index contributed by atoms with van der Waals surface area (Å²) >= 11 is 0. The zero-order valence-electron chi connectivity index (χ0n) is 15.8. The summed E-state index contributed by atoms with van der Waals surface area (Å²) in [5.41, 5.74) is 9.52. The molecular formula is C22H25N5O. The van der Waals surface area contributed by atoms with Crippen molar-refractivity contribution in [2.75, 3.05) is 11.1 Å². The number of benzene rings is 2. The standard InChI is InChI=1S/C22H25N5O/c23-19-12-11-18(17-9-5-2-6-10-17)13-20(19)24-22(28)21-15-27(26-25-21)14-16-7-3-1-4-8-16/h2,5-6,9-13,15-16H,1,3-4,7-8,14,23H2,(H,24,28). The number of aromatic nitrogens is 3. The molecule has 1 aliphatic carbocycles. The average molecular weight is 375 g/mol.